The molecule has 2 unspecified atom stereocenters. The number of hydrogen-bond donors (Lipinski definition) is 3. The molecule has 1 saturated heterocycles. The zero-order valence-electron chi connectivity index (χ0n) is 24.0. The van der Waals surface area contributed by atoms with E-state index in [1.165, 1.54) is 69.3 Å². The minimum Gasteiger partial charge on any atom is -0.374 e. The summed E-state index contributed by atoms with van der Waals surface area (Å²) in [5.41, 5.74) is 4.58. The van der Waals surface area contributed by atoms with Crippen molar-refractivity contribution < 1.29 is 9.59 Å². The number of nitrogens with one attached hydrogen (secondary N) is 3. The standard InChI is InChI=1S/C33H48N4O2/c1-3-29-14-4-5-15-30(29)35-25(2)32(38)36-31(19-18-26-16-17-26)33(39)34-24-28-13-10-12-27(23-28)11-6-7-20-37-21-8-9-22-37/h4-5,10,12-15,23,25-26,31,35H,3,6-9,11,16-22,24H2,1-2H3,(H,34,39)(H,36,38). The van der Waals surface area contributed by atoms with Crippen LogP contribution in [-0.2, 0) is 29.0 Å². The van der Waals surface area contributed by atoms with Crippen LogP contribution < -0.4 is 16.0 Å². The van der Waals surface area contributed by atoms with Gasteiger partial charge in [-0.15, -0.1) is 0 Å². The van der Waals surface area contributed by atoms with E-state index in [1.54, 1.807) is 0 Å². The van der Waals surface area contributed by atoms with E-state index >= 15 is 0 Å². The molecule has 2 aromatic carbocycles. The fourth-order valence-corrected chi connectivity index (χ4v) is 5.52. The van der Waals surface area contributed by atoms with Crippen molar-refractivity contribution in [2.24, 2.45) is 5.92 Å². The number of para-hydroxylation sites is 1. The third-order valence-electron chi connectivity index (χ3n) is 8.20. The average molecular weight is 533 g/mol. The van der Waals surface area contributed by atoms with E-state index < -0.39 is 12.1 Å². The molecule has 2 fully saturated rings. The van der Waals surface area contributed by atoms with Crippen molar-refractivity contribution in [1.29, 1.82) is 0 Å². The van der Waals surface area contributed by atoms with Crippen LogP contribution in [0.1, 0.15) is 81.9 Å². The van der Waals surface area contributed by atoms with Crippen LogP contribution >= 0.6 is 0 Å². The molecule has 1 saturated carbocycles. The molecule has 0 aromatic heterocycles. The van der Waals surface area contributed by atoms with Crippen molar-refractivity contribution in [3.63, 3.8) is 0 Å². The summed E-state index contributed by atoms with van der Waals surface area (Å²) < 4.78 is 0. The molecule has 0 radical (unpaired) electrons. The average Bonchev–Trinajstić information content (AvgIpc) is 3.64. The van der Waals surface area contributed by atoms with Crippen molar-refractivity contribution in [2.75, 3.05) is 25.0 Å². The number of carbonyl (C=O) groups excluding carboxylic acids is 2. The molecule has 1 heterocycles. The van der Waals surface area contributed by atoms with Crippen molar-refractivity contribution in [2.45, 2.75) is 96.7 Å². The highest BCUT2D eigenvalue weighted by atomic mass is 16.2. The number of rotatable bonds is 16. The second kappa shape index (κ2) is 15.1. The summed E-state index contributed by atoms with van der Waals surface area (Å²) in [5, 5.41) is 9.49. The number of benzene rings is 2. The molecule has 39 heavy (non-hydrogen) atoms. The zero-order chi connectivity index (χ0) is 27.5. The quantitative estimate of drug-likeness (QED) is 0.251. The number of anilines is 1. The van der Waals surface area contributed by atoms with Gasteiger partial charge in [-0.3, -0.25) is 9.59 Å². The first-order valence-corrected chi connectivity index (χ1v) is 15.2. The first kappa shape index (κ1) is 29.1. The van der Waals surface area contributed by atoms with Gasteiger partial charge in [0.25, 0.3) is 0 Å². The zero-order valence-corrected chi connectivity index (χ0v) is 24.0. The van der Waals surface area contributed by atoms with Gasteiger partial charge in [0.15, 0.2) is 0 Å². The molecule has 2 aliphatic rings. The van der Waals surface area contributed by atoms with Gasteiger partial charge in [0, 0.05) is 12.2 Å². The molecule has 2 atom stereocenters. The van der Waals surface area contributed by atoms with Crippen LogP contribution in [-0.4, -0.2) is 48.4 Å². The van der Waals surface area contributed by atoms with E-state index in [0.29, 0.717) is 18.9 Å². The van der Waals surface area contributed by atoms with Gasteiger partial charge in [0.05, 0.1) is 0 Å². The van der Waals surface area contributed by atoms with E-state index in [-0.39, 0.29) is 11.8 Å². The normalized spacial score (nSPS) is 17.0. The molecule has 1 aliphatic heterocycles. The number of nitrogens with zero attached hydrogens (tertiary/aromatic N) is 1. The predicted molar refractivity (Wildman–Crippen MR) is 160 cm³/mol. The maximum atomic E-state index is 13.2. The lowest BCUT2D eigenvalue weighted by atomic mass is 10.0. The Balaban J connectivity index is 1.26. The number of likely N-dealkylation sites (tertiary alicyclic amines) is 1. The number of carbonyl (C=O) groups is 2. The van der Waals surface area contributed by atoms with Crippen molar-refractivity contribution in [3.8, 4) is 0 Å². The first-order chi connectivity index (χ1) is 19.0. The number of aryl methyl sites for hydroxylation is 2. The van der Waals surface area contributed by atoms with Gasteiger partial charge in [0.2, 0.25) is 11.8 Å². The Morgan fingerprint density at radius 2 is 1.74 bits per heavy atom. The fraction of sp³-hybridized carbons (Fsp3) is 0.576. The fourth-order valence-electron chi connectivity index (χ4n) is 5.52. The molecule has 3 N–H and O–H groups in total. The van der Waals surface area contributed by atoms with E-state index in [4.69, 9.17) is 0 Å². The topological polar surface area (TPSA) is 73.5 Å². The smallest absolute Gasteiger partial charge is 0.242 e. The minimum atomic E-state index is -0.516. The van der Waals surface area contributed by atoms with Gasteiger partial charge in [-0.1, -0.05) is 62.2 Å². The Hall–Kier alpha value is -2.86. The Morgan fingerprint density at radius 1 is 0.974 bits per heavy atom. The van der Waals surface area contributed by atoms with E-state index in [0.717, 1.165) is 30.5 Å². The van der Waals surface area contributed by atoms with Crippen LogP contribution in [0.4, 0.5) is 5.69 Å². The second-order valence-corrected chi connectivity index (χ2v) is 11.5. The molecule has 6 nitrogen and oxygen atoms in total. The van der Waals surface area contributed by atoms with Gasteiger partial charge >= 0.3 is 0 Å². The van der Waals surface area contributed by atoms with Gasteiger partial charge in [-0.25, -0.2) is 0 Å². The van der Waals surface area contributed by atoms with Gasteiger partial charge < -0.3 is 20.9 Å². The molecule has 0 spiro atoms. The highest BCUT2D eigenvalue weighted by molar-refractivity contribution is 5.91. The number of hydrogen-bond acceptors (Lipinski definition) is 4. The summed E-state index contributed by atoms with van der Waals surface area (Å²) in [5.74, 6) is 0.459. The van der Waals surface area contributed by atoms with Gasteiger partial charge in [0.1, 0.15) is 12.1 Å². The molecule has 212 valence electrons. The lowest BCUT2D eigenvalue weighted by molar-refractivity contribution is -0.129. The van der Waals surface area contributed by atoms with Crippen LogP contribution in [0.25, 0.3) is 0 Å². The third kappa shape index (κ3) is 9.68. The summed E-state index contributed by atoms with van der Waals surface area (Å²) in [6, 6.07) is 15.7. The largest absolute Gasteiger partial charge is 0.374 e. The molecule has 6 heteroatoms. The lowest BCUT2D eigenvalue weighted by Gasteiger charge is -2.22. The van der Waals surface area contributed by atoms with Crippen LogP contribution in [0.3, 0.4) is 0 Å². The Morgan fingerprint density at radius 3 is 2.51 bits per heavy atom. The molecular weight excluding hydrogens is 484 g/mol. The van der Waals surface area contributed by atoms with Crippen LogP contribution in [0.2, 0.25) is 0 Å². The van der Waals surface area contributed by atoms with Gasteiger partial charge in [-0.2, -0.15) is 0 Å². The summed E-state index contributed by atoms with van der Waals surface area (Å²) >= 11 is 0. The summed E-state index contributed by atoms with van der Waals surface area (Å²) in [7, 11) is 0. The molecule has 2 amide bonds. The molecule has 0 bridgehead atoms. The first-order valence-electron chi connectivity index (χ1n) is 15.2. The Bertz CT molecular complexity index is 1060. The lowest BCUT2D eigenvalue weighted by Crippen LogP contribution is -2.50. The molecule has 2 aromatic rings. The third-order valence-corrected chi connectivity index (χ3v) is 8.20. The van der Waals surface area contributed by atoms with Gasteiger partial charge in [-0.05, 0) is 107 Å². The SMILES string of the molecule is CCc1ccccc1NC(C)C(=O)NC(CCC1CC1)C(=O)NCc1cccc(CCCCN2CCCC2)c1. The van der Waals surface area contributed by atoms with E-state index in [9.17, 15) is 9.59 Å². The maximum Gasteiger partial charge on any atom is 0.242 e. The van der Waals surface area contributed by atoms with Crippen LogP contribution in [0.15, 0.2) is 48.5 Å². The highest BCUT2D eigenvalue weighted by Crippen LogP contribution is 2.34. The van der Waals surface area contributed by atoms with Crippen LogP contribution in [0.5, 0.6) is 0 Å². The summed E-state index contributed by atoms with van der Waals surface area (Å²) in [6.07, 6.45) is 11.2. The van der Waals surface area contributed by atoms with Crippen LogP contribution in [0, 0.1) is 5.92 Å². The molecule has 1 aliphatic carbocycles. The maximum absolute atomic E-state index is 13.2. The summed E-state index contributed by atoms with van der Waals surface area (Å²) in [4.78, 5) is 28.9. The number of unbranched alkanes of at least 4 members (excludes halogenated alkanes) is 1. The predicted octanol–water partition coefficient (Wildman–Crippen LogP) is 5.46. The van der Waals surface area contributed by atoms with Crippen molar-refractivity contribution in [1.82, 2.24) is 15.5 Å². The van der Waals surface area contributed by atoms with Crippen molar-refractivity contribution >= 4 is 17.5 Å². The second-order valence-electron chi connectivity index (χ2n) is 11.5. The number of amides is 2. The van der Waals surface area contributed by atoms with Crippen molar-refractivity contribution in [3.05, 3.63) is 65.2 Å². The molecular formula is C33H48N4O2. The Kier molecular flexibility index (Phi) is 11.3. The summed E-state index contributed by atoms with van der Waals surface area (Å²) in [6.45, 7) is 8.18. The minimum absolute atomic E-state index is 0.0961. The highest BCUT2D eigenvalue weighted by Gasteiger charge is 2.28. The Labute approximate surface area is 235 Å². The monoisotopic (exact) mass is 532 g/mol. The van der Waals surface area contributed by atoms with E-state index in [1.807, 2.05) is 25.1 Å². The van der Waals surface area contributed by atoms with E-state index in [2.05, 4.69) is 58.1 Å². The molecule has 4 rings (SSSR count).